The monoisotopic (exact) mass is 380 g/mol. The van der Waals surface area contributed by atoms with Crippen molar-refractivity contribution in [3.05, 3.63) is 83.0 Å². The number of benzene rings is 2. The highest BCUT2D eigenvalue weighted by Gasteiger charge is 2.18. The number of carbonyl (C=O) groups is 2. The Morgan fingerprint density at radius 2 is 1.85 bits per heavy atom. The van der Waals surface area contributed by atoms with E-state index < -0.39 is 0 Å². The summed E-state index contributed by atoms with van der Waals surface area (Å²) in [6.07, 6.45) is 2.11. The number of rotatable bonds is 6. The van der Waals surface area contributed by atoms with Gasteiger partial charge in [0.15, 0.2) is 0 Å². The van der Waals surface area contributed by atoms with Gasteiger partial charge in [-0.1, -0.05) is 35.9 Å². The molecule has 0 unspecified atom stereocenters. The third kappa shape index (κ3) is 4.31. The second kappa shape index (κ2) is 8.44. The van der Waals surface area contributed by atoms with Crippen LogP contribution >= 0.6 is 11.6 Å². The van der Waals surface area contributed by atoms with Crippen molar-refractivity contribution in [1.82, 2.24) is 4.98 Å². The molecule has 1 heterocycles. The van der Waals surface area contributed by atoms with Gasteiger partial charge in [-0.25, -0.2) is 4.98 Å². The van der Waals surface area contributed by atoms with Crippen LogP contribution in [0.3, 0.4) is 0 Å². The van der Waals surface area contributed by atoms with Gasteiger partial charge >= 0.3 is 0 Å². The molecule has 3 rings (SSSR count). The van der Waals surface area contributed by atoms with Crippen LogP contribution in [0.4, 0.5) is 17.2 Å². The number of nitrogens with two attached hydrogens (primary N) is 1. The Bertz CT molecular complexity index is 943. The molecule has 0 aliphatic heterocycles. The van der Waals surface area contributed by atoms with E-state index in [0.29, 0.717) is 40.7 Å². The minimum atomic E-state index is -0.383. The quantitative estimate of drug-likeness (QED) is 0.637. The summed E-state index contributed by atoms with van der Waals surface area (Å²) in [5.74, 6) is -0.0185. The number of aromatic nitrogens is 1. The first-order chi connectivity index (χ1) is 13.1. The molecule has 0 aliphatic rings. The van der Waals surface area contributed by atoms with Crippen molar-refractivity contribution in [3.8, 4) is 0 Å². The first-order valence-electron chi connectivity index (χ1n) is 8.18. The van der Waals surface area contributed by atoms with E-state index in [4.69, 9.17) is 17.3 Å². The van der Waals surface area contributed by atoms with Crippen LogP contribution in [0.25, 0.3) is 0 Å². The number of para-hydroxylation sites is 1. The third-order valence-corrected chi connectivity index (χ3v) is 4.16. The molecule has 3 N–H and O–H groups in total. The second-order valence-electron chi connectivity index (χ2n) is 5.68. The molecule has 0 aliphatic carbocycles. The summed E-state index contributed by atoms with van der Waals surface area (Å²) in [7, 11) is 0. The number of amides is 2. The molecule has 7 heteroatoms. The molecule has 0 bridgehead atoms. The topological polar surface area (TPSA) is 88.3 Å². The van der Waals surface area contributed by atoms with Gasteiger partial charge in [0.2, 0.25) is 6.41 Å². The summed E-state index contributed by atoms with van der Waals surface area (Å²) in [5, 5.41) is 3.18. The molecular weight excluding hydrogens is 364 g/mol. The number of anilines is 3. The molecule has 27 heavy (non-hydrogen) atoms. The summed E-state index contributed by atoms with van der Waals surface area (Å²) >= 11 is 5.81. The number of nitrogens with zero attached hydrogens (tertiary/aromatic N) is 2. The van der Waals surface area contributed by atoms with Crippen LogP contribution in [0.2, 0.25) is 5.02 Å². The number of pyridine rings is 1. The fourth-order valence-electron chi connectivity index (χ4n) is 2.56. The Morgan fingerprint density at radius 3 is 2.48 bits per heavy atom. The standard InChI is InChI=1S/C20H17ClN4O2/c21-15-7-10-19(23-12-15)24-20(27)17-3-1-2-4-18(17)25(13-26)16-8-5-14(11-22)6-9-16/h1-10,12-13H,11,22H2,(H,23,24,27). The van der Waals surface area contributed by atoms with Gasteiger partial charge in [0.1, 0.15) is 5.82 Å². The Kier molecular flexibility index (Phi) is 5.80. The molecule has 0 fully saturated rings. The molecule has 1 aromatic heterocycles. The molecule has 0 saturated heterocycles. The average molecular weight is 381 g/mol. The average Bonchev–Trinajstić information content (AvgIpc) is 2.71. The van der Waals surface area contributed by atoms with Crippen LogP contribution in [0.5, 0.6) is 0 Å². The van der Waals surface area contributed by atoms with E-state index in [-0.39, 0.29) is 5.91 Å². The second-order valence-corrected chi connectivity index (χ2v) is 6.12. The Morgan fingerprint density at radius 1 is 1.11 bits per heavy atom. The van der Waals surface area contributed by atoms with Gasteiger partial charge in [-0.3, -0.25) is 14.5 Å². The van der Waals surface area contributed by atoms with Crippen molar-refractivity contribution in [2.24, 2.45) is 5.73 Å². The highest BCUT2D eigenvalue weighted by Crippen LogP contribution is 2.28. The number of hydrogen-bond donors (Lipinski definition) is 2. The molecule has 0 spiro atoms. The van der Waals surface area contributed by atoms with Gasteiger partial charge in [-0.2, -0.15) is 0 Å². The zero-order chi connectivity index (χ0) is 19.2. The van der Waals surface area contributed by atoms with E-state index in [0.717, 1.165) is 5.56 Å². The zero-order valence-corrected chi connectivity index (χ0v) is 15.1. The van der Waals surface area contributed by atoms with Crippen LogP contribution in [-0.4, -0.2) is 17.3 Å². The number of halogens is 1. The minimum absolute atomic E-state index is 0.337. The highest BCUT2D eigenvalue weighted by atomic mass is 35.5. The third-order valence-electron chi connectivity index (χ3n) is 3.93. The Labute approximate surface area is 161 Å². The fourth-order valence-corrected chi connectivity index (χ4v) is 2.67. The maximum absolute atomic E-state index is 12.7. The predicted octanol–water partition coefficient (Wildman–Crippen LogP) is 3.74. The lowest BCUT2D eigenvalue weighted by Gasteiger charge is -2.21. The van der Waals surface area contributed by atoms with E-state index in [1.807, 2.05) is 12.1 Å². The van der Waals surface area contributed by atoms with Crippen LogP contribution < -0.4 is 16.0 Å². The largest absolute Gasteiger partial charge is 0.326 e. The van der Waals surface area contributed by atoms with Crippen molar-refractivity contribution in [2.75, 3.05) is 10.2 Å². The highest BCUT2D eigenvalue weighted by molar-refractivity contribution is 6.30. The Balaban J connectivity index is 1.92. The van der Waals surface area contributed by atoms with E-state index >= 15 is 0 Å². The molecule has 2 aromatic carbocycles. The molecule has 3 aromatic rings. The van der Waals surface area contributed by atoms with Gasteiger partial charge in [-0.05, 0) is 42.0 Å². The Hall–Kier alpha value is -3.22. The van der Waals surface area contributed by atoms with Gasteiger partial charge in [0.25, 0.3) is 5.91 Å². The minimum Gasteiger partial charge on any atom is -0.326 e. The predicted molar refractivity (Wildman–Crippen MR) is 106 cm³/mol. The van der Waals surface area contributed by atoms with E-state index in [2.05, 4.69) is 10.3 Å². The number of carbonyl (C=O) groups excluding carboxylic acids is 2. The van der Waals surface area contributed by atoms with Crippen molar-refractivity contribution in [2.45, 2.75) is 6.54 Å². The zero-order valence-electron chi connectivity index (χ0n) is 14.3. The van der Waals surface area contributed by atoms with Crippen LogP contribution in [0, 0.1) is 0 Å². The smallest absolute Gasteiger partial charge is 0.258 e. The van der Waals surface area contributed by atoms with E-state index in [9.17, 15) is 9.59 Å². The SMILES string of the molecule is NCc1ccc(N(C=O)c2ccccc2C(=O)Nc2ccc(Cl)cn2)cc1. The number of nitrogens with one attached hydrogen (secondary N) is 1. The van der Waals surface area contributed by atoms with Crippen LogP contribution in [-0.2, 0) is 11.3 Å². The summed E-state index contributed by atoms with van der Waals surface area (Å²) < 4.78 is 0. The van der Waals surface area contributed by atoms with Crippen molar-refractivity contribution in [3.63, 3.8) is 0 Å². The van der Waals surface area contributed by atoms with Gasteiger partial charge in [0.05, 0.1) is 16.3 Å². The molecule has 136 valence electrons. The maximum Gasteiger partial charge on any atom is 0.258 e. The molecule has 0 saturated carbocycles. The fraction of sp³-hybridized carbons (Fsp3) is 0.0500. The lowest BCUT2D eigenvalue weighted by atomic mass is 10.1. The summed E-state index contributed by atoms with van der Waals surface area (Å²) in [4.78, 5) is 30.0. The van der Waals surface area contributed by atoms with Crippen molar-refractivity contribution < 1.29 is 9.59 Å². The first kappa shape index (κ1) is 18.6. The van der Waals surface area contributed by atoms with Crippen LogP contribution in [0.1, 0.15) is 15.9 Å². The first-order valence-corrected chi connectivity index (χ1v) is 8.55. The van der Waals surface area contributed by atoms with Gasteiger partial charge < -0.3 is 11.1 Å². The normalized spacial score (nSPS) is 10.3. The lowest BCUT2D eigenvalue weighted by Crippen LogP contribution is -2.21. The molecule has 6 nitrogen and oxygen atoms in total. The maximum atomic E-state index is 12.7. The van der Waals surface area contributed by atoms with Crippen LogP contribution in [0.15, 0.2) is 66.9 Å². The molecule has 2 amide bonds. The summed E-state index contributed by atoms with van der Waals surface area (Å²) in [5.41, 5.74) is 7.99. The summed E-state index contributed by atoms with van der Waals surface area (Å²) in [6.45, 7) is 0.411. The van der Waals surface area contributed by atoms with E-state index in [1.54, 1.807) is 48.5 Å². The summed E-state index contributed by atoms with van der Waals surface area (Å²) in [6, 6.07) is 17.3. The molecule has 0 atom stereocenters. The van der Waals surface area contributed by atoms with Crippen molar-refractivity contribution >= 4 is 41.1 Å². The lowest BCUT2D eigenvalue weighted by molar-refractivity contribution is -0.106. The van der Waals surface area contributed by atoms with Gasteiger partial charge in [0, 0.05) is 18.4 Å². The van der Waals surface area contributed by atoms with Gasteiger partial charge in [-0.15, -0.1) is 0 Å². The van der Waals surface area contributed by atoms with E-state index in [1.165, 1.54) is 11.1 Å². The number of hydrogen-bond acceptors (Lipinski definition) is 4. The molecule has 0 radical (unpaired) electrons. The van der Waals surface area contributed by atoms with Crippen molar-refractivity contribution in [1.29, 1.82) is 0 Å². The molecular formula is C20H17ClN4O2.